The van der Waals surface area contributed by atoms with Crippen molar-refractivity contribution in [1.82, 2.24) is 4.57 Å². The lowest BCUT2D eigenvalue weighted by Crippen LogP contribution is -2.15. The summed E-state index contributed by atoms with van der Waals surface area (Å²) in [5.41, 5.74) is 1.61. The van der Waals surface area contributed by atoms with Crippen molar-refractivity contribution in [3.8, 4) is 5.75 Å². The highest BCUT2D eigenvalue weighted by atomic mass is 16.6. The molecule has 1 aromatic carbocycles. The Morgan fingerprint density at radius 2 is 1.92 bits per heavy atom. The number of aromatic nitrogens is 1. The van der Waals surface area contributed by atoms with Crippen LogP contribution in [0.25, 0.3) is 0 Å². The van der Waals surface area contributed by atoms with Crippen molar-refractivity contribution < 1.29 is 9.57 Å². The highest BCUT2D eigenvalue weighted by molar-refractivity contribution is 5.76. The Hall–Kier alpha value is -2.56. The van der Waals surface area contributed by atoms with Crippen LogP contribution in [-0.4, -0.2) is 17.4 Å². The molecule has 0 aliphatic carbocycles. The molecule has 0 unspecified atom stereocenters. The van der Waals surface area contributed by atoms with Crippen molar-refractivity contribution >= 4 is 6.21 Å². The van der Waals surface area contributed by atoms with Gasteiger partial charge in [0.1, 0.15) is 13.2 Å². The van der Waals surface area contributed by atoms with Gasteiger partial charge in [0.2, 0.25) is 5.43 Å². The van der Waals surface area contributed by atoms with Crippen LogP contribution in [0.4, 0.5) is 0 Å². The fourth-order valence-electron chi connectivity index (χ4n) is 2.59. The topological polar surface area (TPSA) is 52.8 Å². The van der Waals surface area contributed by atoms with Gasteiger partial charge in [0, 0.05) is 12.6 Å². The quantitative estimate of drug-likeness (QED) is 0.341. The number of nitrogens with zero attached hydrogens (tertiary/aromatic N) is 2. The number of hydrogen-bond acceptors (Lipinski definition) is 4. The monoisotopic (exact) mass is 356 g/mol. The summed E-state index contributed by atoms with van der Waals surface area (Å²) < 4.78 is 7.78. The average Bonchev–Trinajstić information content (AvgIpc) is 2.66. The lowest BCUT2D eigenvalue weighted by atomic mass is 10.2. The second-order valence-electron chi connectivity index (χ2n) is 6.11. The molecule has 0 aliphatic heterocycles. The Morgan fingerprint density at radius 1 is 1.12 bits per heavy atom. The molecule has 0 atom stereocenters. The molecule has 0 saturated carbocycles. The number of unbranched alkanes of at least 4 members (excludes halogenated alkanes) is 3. The van der Waals surface area contributed by atoms with Crippen LogP contribution in [0.5, 0.6) is 5.75 Å². The predicted molar refractivity (Wildman–Crippen MR) is 105 cm³/mol. The predicted octanol–water partition coefficient (Wildman–Crippen LogP) is 4.38. The summed E-state index contributed by atoms with van der Waals surface area (Å²) in [6.07, 6.45) is 7.97. The molecule has 5 nitrogen and oxygen atoms in total. The first-order valence-electron chi connectivity index (χ1n) is 9.31. The Balaban J connectivity index is 2.15. The summed E-state index contributed by atoms with van der Waals surface area (Å²) in [7, 11) is 0. The first-order chi connectivity index (χ1) is 12.7. The van der Waals surface area contributed by atoms with Crippen molar-refractivity contribution in [3.05, 3.63) is 64.1 Å². The van der Waals surface area contributed by atoms with E-state index in [2.05, 4.69) is 12.1 Å². The first-order valence-corrected chi connectivity index (χ1v) is 9.31. The molecule has 0 fully saturated rings. The second-order valence-corrected chi connectivity index (χ2v) is 6.11. The molecule has 26 heavy (non-hydrogen) atoms. The zero-order valence-electron chi connectivity index (χ0n) is 15.7. The molecular formula is C21H28N2O3. The van der Waals surface area contributed by atoms with Gasteiger partial charge < -0.3 is 14.1 Å². The molecule has 1 aromatic heterocycles. The van der Waals surface area contributed by atoms with Gasteiger partial charge in [0.05, 0.1) is 18.1 Å². The van der Waals surface area contributed by atoms with Crippen LogP contribution in [0.15, 0.2) is 52.5 Å². The largest absolute Gasteiger partial charge is 0.483 e. The molecule has 0 radical (unpaired) electrons. The molecule has 140 valence electrons. The van der Waals surface area contributed by atoms with Crippen LogP contribution in [0, 0.1) is 0 Å². The maximum absolute atomic E-state index is 12.4. The number of rotatable bonds is 11. The summed E-state index contributed by atoms with van der Waals surface area (Å²) in [5, 5.41) is 3.90. The smallest absolute Gasteiger partial charge is 0.224 e. The van der Waals surface area contributed by atoms with Crippen LogP contribution in [0.1, 0.15) is 50.8 Å². The molecule has 0 saturated heterocycles. The Labute approximate surface area is 155 Å². The maximum atomic E-state index is 12.4. The van der Waals surface area contributed by atoms with E-state index in [1.807, 2.05) is 41.8 Å². The van der Waals surface area contributed by atoms with E-state index in [4.69, 9.17) is 9.57 Å². The summed E-state index contributed by atoms with van der Waals surface area (Å²) in [5.74, 6) is 0.359. The molecule has 1 heterocycles. The van der Waals surface area contributed by atoms with E-state index >= 15 is 0 Å². The molecule has 0 amide bonds. The first kappa shape index (κ1) is 19.8. The third kappa shape index (κ3) is 6.39. The minimum Gasteiger partial charge on any atom is -0.483 e. The fraction of sp³-hybridized carbons (Fsp3) is 0.429. The van der Waals surface area contributed by atoms with Crippen LogP contribution in [-0.2, 0) is 18.0 Å². The van der Waals surface area contributed by atoms with Crippen LogP contribution < -0.4 is 10.2 Å². The SMILES string of the molecule is CCCCCCn1cc(OCc2ccccc2)c(=O)cc1C=NOCC. The van der Waals surface area contributed by atoms with Crippen molar-refractivity contribution in [1.29, 1.82) is 0 Å². The average molecular weight is 356 g/mol. The van der Waals surface area contributed by atoms with E-state index < -0.39 is 0 Å². The number of oxime groups is 1. The molecule has 0 aliphatic rings. The zero-order chi connectivity index (χ0) is 18.6. The van der Waals surface area contributed by atoms with E-state index in [-0.39, 0.29) is 5.43 Å². The van der Waals surface area contributed by atoms with Crippen LogP contribution in [0.3, 0.4) is 0 Å². The van der Waals surface area contributed by atoms with Crippen molar-refractivity contribution in [2.75, 3.05) is 6.61 Å². The Morgan fingerprint density at radius 3 is 2.65 bits per heavy atom. The maximum Gasteiger partial charge on any atom is 0.224 e. The second kappa shape index (κ2) is 11.1. The number of ether oxygens (including phenoxy) is 1. The van der Waals surface area contributed by atoms with Gasteiger partial charge >= 0.3 is 0 Å². The van der Waals surface area contributed by atoms with E-state index in [0.717, 1.165) is 30.6 Å². The third-order valence-electron chi connectivity index (χ3n) is 4.00. The van der Waals surface area contributed by atoms with Gasteiger partial charge in [-0.1, -0.05) is 61.7 Å². The fourth-order valence-corrected chi connectivity index (χ4v) is 2.59. The van der Waals surface area contributed by atoms with Gasteiger partial charge in [-0.2, -0.15) is 0 Å². The number of hydrogen-bond donors (Lipinski definition) is 0. The molecule has 2 rings (SSSR count). The van der Waals surface area contributed by atoms with Crippen molar-refractivity contribution in [2.24, 2.45) is 5.16 Å². The molecule has 2 aromatic rings. The summed E-state index contributed by atoms with van der Waals surface area (Å²) in [4.78, 5) is 17.4. The lowest BCUT2D eigenvalue weighted by Gasteiger charge is -2.13. The number of benzene rings is 1. The summed E-state index contributed by atoms with van der Waals surface area (Å²) >= 11 is 0. The summed E-state index contributed by atoms with van der Waals surface area (Å²) in [6.45, 7) is 5.74. The highest BCUT2D eigenvalue weighted by Gasteiger charge is 2.07. The van der Waals surface area contributed by atoms with Gasteiger partial charge in [-0.15, -0.1) is 0 Å². The third-order valence-corrected chi connectivity index (χ3v) is 4.00. The van der Waals surface area contributed by atoms with E-state index in [1.165, 1.54) is 12.8 Å². The highest BCUT2D eigenvalue weighted by Crippen LogP contribution is 2.11. The van der Waals surface area contributed by atoms with Gasteiger partial charge in [0.25, 0.3) is 0 Å². The zero-order valence-corrected chi connectivity index (χ0v) is 15.7. The van der Waals surface area contributed by atoms with Crippen LogP contribution >= 0.6 is 0 Å². The van der Waals surface area contributed by atoms with Gasteiger partial charge in [-0.05, 0) is 18.9 Å². The van der Waals surface area contributed by atoms with E-state index in [9.17, 15) is 4.79 Å². The van der Waals surface area contributed by atoms with Gasteiger partial charge in [0.15, 0.2) is 5.75 Å². The van der Waals surface area contributed by atoms with E-state index in [1.54, 1.807) is 18.5 Å². The number of aryl methyl sites for hydroxylation is 1. The molecule has 5 heteroatoms. The Kier molecular flexibility index (Phi) is 8.46. The summed E-state index contributed by atoms with van der Waals surface area (Å²) in [6, 6.07) is 11.4. The minimum atomic E-state index is -0.149. The standard InChI is InChI=1S/C21H28N2O3/c1-3-5-6-10-13-23-16-21(25-17-18-11-8-7-9-12-18)20(24)14-19(23)15-22-26-4-2/h7-9,11-12,14-16H,3-6,10,13,17H2,1-2H3. The van der Waals surface area contributed by atoms with Gasteiger partial charge in [-0.3, -0.25) is 4.79 Å². The molecule has 0 spiro atoms. The molecule has 0 N–H and O–H groups in total. The Bertz CT molecular complexity index is 739. The van der Waals surface area contributed by atoms with Gasteiger partial charge in [-0.25, -0.2) is 0 Å². The number of pyridine rings is 1. The van der Waals surface area contributed by atoms with Crippen molar-refractivity contribution in [2.45, 2.75) is 52.7 Å². The van der Waals surface area contributed by atoms with Crippen LogP contribution in [0.2, 0.25) is 0 Å². The molecule has 0 bridgehead atoms. The normalized spacial score (nSPS) is 11.0. The van der Waals surface area contributed by atoms with Crippen molar-refractivity contribution in [3.63, 3.8) is 0 Å². The molecular weight excluding hydrogens is 328 g/mol. The minimum absolute atomic E-state index is 0.149. The van der Waals surface area contributed by atoms with E-state index in [0.29, 0.717) is 19.0 Å². The lowest BCUT2D eigenvalue weighted by molar-refractivity contribution is 0.160.